The third kappa shape index (κ3) is 3.58. The highest BCUT2D eigenvalue weighted by atomic mass is 16.5. The molecule has 0 heterocycles. The van der Waals surface area contributed by atoms with Gasteiger partial charge in [-0.05, 0) is 34.5 Å². The van der Waals surface area contributed by atoms with Crippen molar-refractivity contribution in [1.82, 2.24) is 0 Å². The average Bonchev–Trinajstić information content (AvgIpc) is 2.60. The minimum atomic E-state index is -0.00889. The maximum atomic E-state index is 10.1. The Labute approximate surface area is 140 Å². The van der Waals surface area contributed by atoms with E-state index in [-0.39, 0.29) is 18.1 Å². The van der Waals surface area contributed by atoms with Crippen LogP contribution in [0.5, 0.6) is 11.5 Å². The van der Waals surface area contributed by atoms with E-state index in [0.29, 0.717) is 5.75 Å². The topological polar surface area (TPSA) is 49.7 Å². The van der Waals surface area contributed by atoms with Crippen molar-refractivity contribution in [2.45, 2.75) is 0 Å². The highest BCUT2D eigenvalue weighted by Crippen LogP contribution is 2.29. The molecule has 0 bridgehead atoms. The second kappa shape index (κ2) is 6.92. The van der Waals surface area contributed by atoms with Gasteiger partial charge in [0.1, 0.15) is 23.9 Å². The summed E-state index contributed by atoms with van der Waals surface area (Å²) in [5, 5.41) is 21.3. The van der Waals surface area contributed by atoms with E-state index in [0.717, 1.165) is 21.9 Å². The van der Waals surface area contributed by atoms with Crippen LogP contribution in [0.3, 0.4) is 0 Å². The normalized spacial score (nSPS) is 11.0. The van der Waals surface area contributed by atoms with Gasteiger partial charge < -0.3 is 14.9 Å². The number of aliphatic hydroxyl groups is 1. The first-order chi connectivity index (χ1) is 11.6. The van der Waals surface area contributed by atoms with Crippen LogP contribution in [0.25, 0.3) is 22.9 Å². The quantitative estimate of drug-likeness (QED) is 0.504. The minimum Gasteiger partial charge on any atom is -0.509 e. The number of aromatic hydroxyl groups is 1. The molecule has 0 saturated heterocycles. The van der Waals surface area contributed by atoms with E-state index in [2.05, 4.69) is 6.58 Å². The lowest BCUT2D eigenvalue weighted by Gasteiger charge is -2.06. The van der Waals surface area contributed by atoms with Gasteiger partial charge in [0.25, 0.3) is 0 Å². The second-order valence-corrected chi connectivity index (χ2v) is 5.48. The fraction of sp³-hybridized carbons (Fsp3) is 0.0476. The third-order valence-electron chi connectivity index (χ3n) is 3.68. The molecule has 3 aromatic carbocycles. The van der Waals surface area contributed by atoms with Crippen molar-refractivity contribution in [3.8, 4) is 11.5 Å². The summed E-state index contributed by atoms with van der Waals surface area (Å²) in [6, 6.07) is 19.0. The molecule has 0 aliphatic rings. The van der Waals surface area contributed by atoms with Crippen LogP contribution < -0.4 is 4.74 Å². The molecule has 120 valence electrons. The average molecular weight is 318 g/mol. The van der Waals surface area contributed by atoms with Gasteiger partial charge in [-0.15, -0.1) is 0 Å². The zero-order valence-electron chi connectivity index (χ0n) is 13.1. The zero-order chi connectivity index (χ0) is 16.9. The zero-order valence-corrected chi connectivity index (χ0v) is 13.1. The van der Waals surface area contributed by atoms with Crippen LogP contribution in [0.4, 0.5) is 0 Å². The summed E-state index contributed by atoms with van der Waals surface area (Å²) in [6.45, 7) is 3.46. The molecule has 0 aliphatic heterocycles. The number of benzene rings is 3. The molecular weight excluding hydrogens is 300 g/mol. The van der Waals surface area contributed by atoms with Gasteiger partial charge >= 0.3 is 0 Å². The van der Waals surface area contributed by atoms with E-state index >= 15 is 0 Å². The molecule has 3 rings (SSSR count). The maximum Gasteiger partial charge on any atom is 0.144 e. The predicted octanol–water partition coefficient (Wildman–Crippen LogP) is 5.17. The lowest BCUT2D eigenvalue weighted by Crippen LogP contribution is -1.98. The number of phenolic OH excluding ortho intramolecular Hbond substituents is 1. The van der Waals surface area contributed by atoms with Crippen LogP contribution >= 0.6 is 0 Å². The van der Waals surface area contributed by atoms with E-state index in [9.17, 15) is 5.11 Å². The fourth-order valence-corrected chi connectivity index (χ4v) is 2.48. The Morgan fingerprint density at radius 1 is 0.958 bits per heavy atom. The number of hydrogen-bond donors (Lipinski definition) is 2. The van der Waals surface area contributed by atoms with Gasteiger partial charge in [0.2, 0.25) is 0 Å². The molecular formula is C21H18O3. The lowest BCUT2D eigenvalue weighted by atomic mass is 10.0. The van der Waals surface area contributed by atoms with Crippen LogP contribution in [-0.4, -0.2) is 16.8 Å². The van der Waals surface area contributed by atoms with Crippen LogP contribution in [0.15, 0.2) is 73.0 Å². The summed E-state index contributed by atoms with van der Waals surface area (Å²) in [4.78, 5) is 0. The van der Waals surface area contributed by atoms with Crippen molar-refractivity contribution in [2.75, 3.05) is 6.61 Å². The molecule has 0 unspecified atom stereocenters. The molecule has 2 N–H and O–H groups in total. The number of phenols is 1. The molecule has 0 aliphatic carbocycles. The van der Waals surface area contributed by atoms with Crippen molar-refractivity contribution in [2.24, 2.45) is 0 Å². The fourth-order valence-electron chi connectivity index (χ4n) is 2.48. The van der Waals surface area contributed by atoms with Crippen LogP contribution in [0.1, 0.15) is 11.1 Å². The first-order valence-electron chi connectivity index (χ1n) is 7.62. The summed E-state index contributed by atoms with van der Waals surface area (Å²) in [6.07, 6.45) is 3.85. The number of hydrogen-bond acceptors (Lipinski definition) is 3. The molecule has 24 heavy (non-hydrogen) atoms. The number of ether oxygens (including phenoxy) is 1. The van der Waals surface area contributed by atoms with Crippen LogP contribution in [0, 0.1) is 0 Å². The van der Waals surface area contributed by atoms with Crippen LogP contribution in [-0.2, 0) is 0 Å². The molecule has 0 radical (unpaired) electrons. The molecule has 0 saturated carbocycles. The monoisotopic (exact) mass is 318 g/mol. The molecule has 3 nitrogen and oxygen atoms in total. The summed E-state index contributed by atoms with van der Waals surface area (Å²) in [5.41, 5.74) is 1.78. The van der Waals surface area contributed by atoms with Gasteiger partial charge in [-0.3, -0.25) is 0 Å². The maximum absolute atomic E-state index is 10.1. The Kier molecular flexibility index (Phi) is 4.52. The Bertz CT molecular complexity index is 893. The summed E-state index contributed by atoms with van der Waals surface area (Å²) >= 11 is 0. The Hall–Kier alpha value is -3.20. The highest BCUT2D eigenvalue weighted by Gasteiger charge is 2.03. The number of aliphatic hydroxyl groups excluding tert-OH is 1. The van der Waals surface area contributed by atoms with Gasteiger partial charge in [0.05, 0.1) is 0 Å². The lowest BCUT2D eigenvalue weighted by molar-refractivity contribution is 0.272. The van der Waals surface area contributed by atoms with Crippen molar-refractivity contribution >= 4 is 22.9 Å². The standard InChI is InChI=1S/C21H18O3/c1-15(22)14-24-18-10-6-16(7-11-18)8-12-20-19-5-3-2-4-17(19)9-13-21(20)23/h2-13,22-23H,1,14H2/b12-8+. The Balaban J connectivity index is 1.83. The van der Waals surface area contributed by atoms with Gasteiger partial charge in [0, 0.05) is 5.56 Å². The minimum absolute atomic E-state index is 0.00889. The SMILES string of the molecule is C=C(O)COc1ccc(/C=C/c2c(O)ccc3ccccc23)cc1. The van der Waals surface area contributed by atoms with Crippen molar-refractivity contribution < 1.29 is 14.9 Å². The largest absolute Gasteiger partial charge is 0.509 e. The Morgan fingerprint density at radius 3 is 2.46 bits per heavy atom. The third-order valence-corrected chi connectivity index (χ3v) is 3.68. The summed E-state index contributed by atoms with van der Waals surface area (Å²) in [5.74, 6) is 0.909. The Morgan fingerprint density at radius 2 is 1.71 bits per heavy atom. The molecule has 0 aromatic heterocycles. The molecule has 0 atom stereocenters. The molecule has 0 spiro atoms. The predicted molar refractivity (Wildman–Crippen MR) is 98.2 cm³/mol. The molecule has 0 amide bonds. The van der Waals surface area contributed by atoms with E-state index in [1.54, 1.807) is 6.07 Å². The summed E-state index contributed by atoms with van der Waals surface area (Å²) in [7, 11) is 0. The van der Waals surface area contributed by atoms with Gasteiger partial charge in [-0.2, -0.15) is 0 Å². The highest BCUT2D eigenvalue weighted by molar-refractivity contribution is 5.95. The van der Waals surface area contributed by atoms with E-state index in [1.807, 2.05) is 66.7 Å². The van der Waals surface area contributed by atoms with Crippen molar-refractivity contribution in [3.63, 3.8) is 0 Å². The second-order valence-electron chi connectivity index (χ2n) is 5.48. The first-order valence-corrected chi connectivity index (χ1v) is 7.62. The van der Waals surface area contributed by atoms with E-state index < -0.39 is 0 Å². The van der Waals surface area contributed by atoms with Crippen molar-refractivity contribution in [1.29, 1.82) is 0 Å². The number of rotatable bonds is 5. The molecule has 3 heteroatoms. The van der Waals surface area contributed by atoms with Gasteiger partial charge in [0.15, 0.2) is 0 Å². The van der Waals surface area contributed by atoms with Crippen LogP contribution in [0.2, 0.25) is 0 Å². The smallest absolute Gasteiger partial charge is 0.144 e. The van der Waals surface area contributed by atoms with E-state index in [4.69, 9.17) is 9.84 Å². The van der Waals surface area contributed by atoms with E-state index in [1.165, 1.54) is 0 Å². The van der Waals surface area contributed by atoms with Crippen molar-refractivity contribution in [3.05, 3.63) is 84.1 Å². The van der Waals surface area contributed by atoms with Gasteiger partial charge in [-0.25, -0.2) is 0 Å². The molecule has 3 aromatic rings. The summed E-state index contributed by atoms with van der Waals surface area (Å²) < 4.78 is 5.35. The number of fused-ring (bicyclic) bond motifs is 1. The van der Waals surface area contributed by atoms with Gasteiger partial charge in [-0.1, -0.05) is 61.2 Å². The first kappa shape index (κ1) is 15.7. The molecule has 0 fully saturated rings.